The van der Waals surface area contributed by atoms with Crippen LogP contribution in [0.25, 0.3) is 0 Å². The quantitative estimate of drug-likeness (QED) is 0.701. The van der Waals surface area contributed by atoms with E-state index in [0.29, 0.717) is 0 Å². The summed E-state index contributed by atoms with van der Waals surface area (Å²) in [7, 11) is 0. The maximum atomic E-state index is 5.97. The van der Waals surface area contributed by atoms with Crippen LogP contribution in [0.4, 0.5) is 0 Å². The third-order valence-electron chi connectivity index (χ3n) is 2.83. The van der Waals surface area contributed by atoms with E-state index in [1.807, 2.05) is 0 Å². The van der Waals surface area contributed by atoms with Crippen LogP contribution >= 0.6 is 0 Å². The molecule has 1 atom stereocenters. The van der Waals surface area contributed by atoms with Gasteiger partial charge < -0.3 is 15.2 Å². The Balaban J connectivity index is 1.56. The van der Waals surface area contributed by atoms with E-state index in [1.165, 1.54) is 19.3 Å². The lowest BCUT2D eigenvalue weighted by Crippen LogP contribution is -2.26. The second kappa shape index (κ2) is 4.40. The minimum Gasteiger partial charge on any atom is -0.350 e. The van der Waals surface area contributed by atoms with E-state index < -0.39 is 0 Å². The summed E-state index contributed by atoms with van der Waals surface area (Å²) in [5.74, 6) is 0.983. The Morgan fingerprint density at radius 3 is 2.54 bits per heavy atom. The van der Waals surface area contributed by atoms with E-state index in [2.05, 4.69) is 0 Å². The van der Waals surface area contributed by atoms with Crippen LogP contribution in [0.3, 0.4) is 0 Å². The molecule has 0 spiro atoms. The number of hydrogen-bond donors (Lipinski definition) is 1. The minimum absolute atomic E-state index is 0.0193. The molecule has 2 fully saturated rings. The van der Waals surface area contributed by atoms with Gasteiger partial charge in [0.25, 0.3) is 0 Å². The van der Waals surface area contributed by atoms with Gasteiger partial charge in [-0.1, -0.05) is 12.8 Å². The minimum atomic E-state index is -0.0193. The van der Waals surface area contributed by atoms with Crippen molar-refractivity contribution in [3.05, 3.63) is 0 Å². The van der Waals surface area contributed by atoms with E-state index in [1.54, 1.807) is 0 Å². The highest BCUT2D eigenvalue weighted by atomic mass is 16.7. The number of rotatable bonds is 5. The molecule has 0 radical (unpaired) electrons. The molecule has 1 saturated carbocycles. The molecule has 0 amide bonds. The summed E-state index contributed by atoms with van der Waals surface area (Å²) in [5, 5.41) is 0. The zero-order valence-corrected chi connectivity index (χ0v) is 8.08. The van der Waals surface area contributed by atoms with Crippen LogP contribution in [0.5, 0.6) is 0 Å². The molecule has 13 heavy (non-hydrogen) atoms. The monoisotopic (exact) mass is 185 g/mol. The van der Waals surface area contributed by atoms with Gasteiger partial charge in [0, 0.05) is 12.5 Å². The Morgan fingerprint density at radius 1 is 1.23 bits per heavy atom. The van der Waals surface area contributed by atoms with Gasteiger partial charge in [-0.3, -0.25) is 0 Å². The van der Waals surface area contributed by atoms with Crippen LogP contribution in [-0.2, 0) is 9.47 Å². The third kappa shape index (κ3) is 3.25. The van der Waals surface area contributed by atoms with Crippen molar-refractivity contribution in [3.8, 4) is 0 Å². The number of hydrogen-bond acceptors (Lipinski definition) is 3. The fourth-order valence-corrected chi connectivity index (χ4v) is 1.76. The summed E-state index contributed by atoms with van der Waals surface area (Å²) in [6.07, 6.45) is 6.12. The Labute approximate surface area is 79.6 Å². The summed E-state index contributed by atoms with van der Waals surface area (Å²) in [6, 6.07) is 0.267. The van der Waals surface area contributed by atoms with Gasteiger partial charge >= 0.3 is 0 Å². The van der Waals surface area contributed by atoms with Crippen molar-refractivity contribution < 1.29 is 9.47 Å². The van der Waals surface area contributed by atoms with E-state index in [9.17, 15) is 0 Å². The van der Waals surface area contributed by atoms with E-state index >= 15 is 0 Å². The normalized spacial score (nSPS) is 26.5. The van der Waals surface area contributed by atoms with Gasteiger partial charge in [-0.25, -0.2) is 0 Å². The fraction of sp³-hybridized carbons (Fsp3) is 1.00. The molecule has 1 heterocycles. The highest BCUT2D eigenvalue weighted by Crippen LogP contribution is 2.34. The molecule has 3 nitrogen and oxygen atoms in total. The first-order chi connectivity index (χ1) is 6.34. The van der Waals surface area contributed by atoms with Gasteiger partial charge in [0.1, 0.15) is 0 Å². The summed E-state index contributed by atoms with van der Waals surface area (Å²) in [5.41, 5.74) is 5.97. The van der Waals surface area contributed by atoms with Crippen molar-refractivity contribution in [2.75, 3.05) is 13.2 Å². The Kier molecular flexibility index (Phi) is 3.19. The van der Waals surface area contributed by atoms with Gasteiger partial charge in [-0.05, 0) is 18.8 Å². The van der Waals surface area contributed by atoms with Gasteiger partial charge in [0.05, 0.1) is 13.2 Å². The largest absolute Gasteiger partial charge is 0.350 e. The zero-order valence-electron chi connectivity index (χ0n) is 8.08. The van der Waals surface area contributed by atoms with Crippen molar-refractivity contribution in [1.82, 2.24) is 0 Å². The van der Waals surface area contributed by atoms with Crippen LogP contribution in [-0.4, -0.2) is 25.5 Å². The van der Waals surface area contributed by atoms with Gasteiger partial charge in [0.2, 0.25) is 0 Å². The lowest BCUT2D eigenvalue weighted by molar-refractivity contribution is -0.0510. The summed E-state index contributed by atoms with van der Waals surface area (Å²) in [6.45, 7) is 1.47. The molecule has 1 unspecified atom stereocenters. The van der Waals surface area contributed by atoms with E-state index in [0.717, 1.165) is 32.0 Å². The number of ether oxygens (including phenoxy) is 2. The molecule has 2 rings (SSSR count). The summed E-state index contributed by atoms with van der Waals surface area (Å²) in [4.78, 5) is 0. The van der Waals surface area contributed by atoms with Crippen LogP contribution in [0, 0.1) is 5.92 Å². The van der Waals surface area contributed by atoms with Crippen LogP contribution in [0.2, 0.25) is 0 Å². The third-order valence-corrected chi connectivity index (χ3v) is 2.83. The van der Waals surface area contributed by atoms with Crippen molar-refractivity contribution in [3.63, 3.8) is 0 Å². The lowest BCUT2D eigenvalue weighted by atomic mass is 10.1. The molecule has 0 aromatic carbocycles. The maximum Gasteiger partial charge on any atom is 0.159 e. The summed E-state index contributed by atoms with van der Waals surface area (Å²) >= 11 is 0. The molecule has 76 valence electrons. The van der Waals surface area contributed by atoms with Gasteiger partial charge in [0.15, 0.2) is 6.29 Å². The number of nitrogens with two attached hydrogens (primary N) is 1. The van der Waals surface area contributed by atoms with Crippen LogP contribution < -0.4 is 5.73 Å². The Morgan fingerprint density at radius 2 is 1.92 bits per heavy atom. The molecular weight excluding hydrogens is 166 g/mol. The molecule has 1 aliphatic heterocycles. The predicted octanol–water partition coefficient (Wildman–Crippen LogP) is 1.27. The molecular formula is C10H19NO2. The SMILES string of the molecule is NC(CCC1CC1)CC1OCCO1. The second-order valence-corrected chi connectivity index (χ2v) is 4.19. The topological polar surface area (TPSA) is 44.5 Å². The average Bonchev–Trinajstić information content (AvgIpc) is 2.82. The summed E-state index contributed by atoms with van der Waals surface area (Å²) < 4.78 is 10.7. The molecule has 2 aliphatic rings. The Hall–Kier alpha value is -0.120. The predicted molar refractivity (Wildman–Crippen MR) is 50.2 cm³/mol. The Bertz CT molecular complexity index is 153. The highest BCUT2D eigenvalue weighted by molar-refractivity contribution is 4.76. The highest BCUT2D eigenvalue weighted by Gasteiger charge is 2.24. The fourth-order valence-electron chi connectivity index (χ4n) is 1.76. The van der Waals surface area contributed by atoms with E-state index in [-0.39, 0.29) is 12.3 Å². The van der Waals surface area contributed by atoms with Crippen LogP contribution in [0.1, 0.15) is 32.1 Å². The second-order valence-electron chi connectivity index (χ2n) is 4.19. The smallest absolute Gasteiger partial charge is 0.159 e. The zero-order chi connectivity index (χ0) is 9.10. The van der Waals surface area contributed by atoms with Crippen LogP contribution in [0.15, 0.2) is 0 Å². The first-order valence-corrected chi connectivity index (χ1v) is 5.33. The first-order valence-electron chi connectivity index (χ1n) is 5.33. The maximum absolute atomic E-state index is 5.97. The van der Waals surface area contributed by atoms with Gasteiger partial charge in [-0.15, -0.1) is 0 Å². The molecule has 3 heteroatoms. The molecule has 0 aromatic heterocycles. The molecule has 2 N–H and O–H groups in total. The molecule has 1 saturated heterocycles. The van der Waals surface area contributed by atoms with E-state index in [4.69, 9.17) is 15.2 Å². The first kappa shape index (κ1) is 9.44. The molecule has 1 aliphatic carbocycles. The van der Waals surface area contributed by atoms with Crippen molar-refractivity contribution in [1.29, 1.82) is 0 Å². The molecule has 0 bridgehead atoms. The standard InChI is InChI=1S/C10H19NO2/c11-9(4-3-8-1-2-8)7-10-12-5-6-13-10/h8-10H,1-7,11H2. The average molecular weight is 185 g/mol. The van der Waals surface area contributed by atoms with Crippen molar-refractivity contribution >= 4 is 0 Å². The van der Waals surface area contributed by atoms with Crippen molar-refractivity contribution in [2.24, 2.45) is 11.7 Å². The van der Waals surface area contributed by atoms with Gasteiger partial charge in [-0.2, -0.15) is 0 Å². The lowest BCUT2D eigenvalue weighted by Gasteiger charge is -2.15. The molecule has 0 aromatic rings. The van der Waals surface area contributed by atoms with Crippen molar-refractivity contribution in [2.45, 2.75) is 44.4 Å².